The molecule has 3 aromatic rings. The number of aromatic nitrogens is 2. The van der Waals surface area contributed by atoms with Crippen LogP contribution in [-0.4, -0.2) is 14.9 Å². The van der Waals surface area contributed by atoms with Crippen molar-refractivity contribution in [3.8, 4) is 0 Å². The Morgan fingerprint density at radius 3 is 2.57 bits per heavy atom. The highest BCUT2D eigenvalue weighted by Gasteiger charge is 2.06. The van der Waals surface area contributed by atoms with Gasteiger partial charge in [0.25, 0.3) is 5.69 Å². The molecule has 0 unspecified atom stereocenters. The summed E-state index contributed by atoms with van der Waals surface area (Å²) < 4.78 is 0. The van der Waals surface area contributed by atoms with Gasteiger partial charge in [-0.15, -0.1) is 0 Å². The molecule has 1 aromatic heterocycles. The topological polar surface area (TPSA) is 94.9 Å². The van der Waals surface area contributed by atoms with Crippen molar-refractivity contribution in [2.24, 2.45) is 0 Å². The van der Waals surface area contributed by atoms with Gasteiger partial charge in [-0.1, -0.05) is 12.1 Å². The first-order chi connectivity index (χ1) is 10.1. The van der Waals surface area contributed by atoms with Gasteiger partial charge in [0.2, 0.25) is 0 Å². The molecule has 0 amide bonds. The molecule has 6 heteroatoms. The summed E-state index contributed by atoms with van der Waals surface area (Å²) in [6, 6.07) is 11.8. The maximum absolute atomic E-state index is 10.6. The number of non-ortho nitro benzene ring substituents is 1. The van der Waals surface area contributed by atoms with E-state index in [0.29, 0.717) is 12.1 Å². The zero-order chi connectivity index (χ0) is 14.8. The molecule has 21 heavy (non-hydrogen) atoms. The normalized spacial score (nSPS) is 10.7. The predicted octanol–water partition coefficient (Wildman–Crippen LogP) is 2.71. The van der Waals surface area contributed by atoms with Crippen molar-refractivity contribution in [2.75, 3.05) is 5.73 Å². The second-order valence-electron chi connectivity index (χ2n) is 4.71. The number of hydrogen-bond acceptors (Lipinski definition) is 5. The molecule has 0 saturated carbocycles. The molecule has 0 bridgehead atoms. The molecule has 104 valence electrons. The van der Waals surface area contributed by atoms with Gasteiger partial charge in [-0.25, -0.2) is 4.98 Å². The molecule has 1 heterocycles. The fraction of sp³-hybridized carbons (Fsp3) is 0.0667. The molecule has 0 spiro atoms. The van der Waals surface area contributed by atoms with Crippen LogP contribution in [0, 0.1) is 10.1 Å². The molecule has 0 atom stereocenters. The number of benzene rings is 2. The smallest absolute Gasteiger partial charge is 0.269 e. The van der Waals surface area contributed by atoms with Crippen LogP contribution in [0.15, 0.2) is 48.7 Å². The second-order valence-corrected chi connectivity index (χ2v) is 4.71. The van der Waals surface area contributed by atoms with Crippen molar-refractivity contribution >= 4 is 22.4 Å². The fourth-order valence-corrected chi connectivity index (χ4v) is 2.10. The Morgan fingerprint density at radius 1 is 1.10 bits per heavy atom. The molecular formula is C15H12N4O2. The molecular weight excluding hydrogens is 268 g/mol. The van der Waals surface area contributed by atoms with E-state index in [2.05, 4.69) is 9.97 Å². The number of rotatable bonds is 3. The predicted molar refractivity (Wildman–Crippen MR) is 79.9 cm³/mol. The van der Waals surface area contributed by atoms with Gasteiger partial charge in [0.05, 0.1) is 21.7 Å². The summed E-state index contributed by atoms with van der Waals surface area (Å²) in [6.07, 6.45) is 2.27. The maximum Gasteiger partial charge on any atom is 0.269 e. The van der Waals surface area contributed by atoms with Crippen LogP contribution in [0.2, 0.25) is 0 Å². The first kappa shape index (κ1) is 13.0. The van der Waals surface area contributed by atoms with Crippen LogP contribution in [0.4, 0.5) is 11.4 Å². The van der Waals surface area contributed by atoms with Gasteiger partial charge in [-0.3, -0.25) is 15.1 Å². The quantitative estimate of drug-likeness (QED) is 0.452. The molecule has 6 nitrogen and oxygen atoms in total. The molecule has 0 fully saturated rings. The Morgan fingerprint density at radius 2 is 1.86 bits per heavy atom. The van der Waals surface area contributed by atoms with Crippen molar-refractivity contribution in [1.82, 2.24) is 9.97 Å². The lowest BCUT2D eigenvalue weighted by molar-refractivity contribution is -0.384. The fourth-order valence-electron chi connectivity index (χ4n) is 2.10. The van der Waals surface area contributed by atoms with Crippen molar-refractivity contribution in [3.05, 3.63) is 70.0 Å². The largest absolute Gasteiger partial charge is 0.399 e. The summed E-state index contributed by atoms with van der Waals surface area (Å²) in [5, 5.41) is 10.6. The Balaban J connectivity index is 1.87. The molecule has 0 aliphatic rings. The number of hydrogen-bond donors (Lipinski definition) is 1. The Bertz CT molecular complexity index is 816. The minimum atomic E-state index is -0.413. The van der Waals surface area contributed by atoms with Crippen LogP contribution in [0.1, 0.15) is 11.3 Å². The summed E-state index contributed by atoms with van der Waals surface area (Å²) in [5.74, 6) is 0. The minimum Gasteiger partial charge on any atom is -0.399 e. The first-order valence-electron chi connectivity index (χ1n) is 6.36. The van der Waals surface area contributed by atoms with E-state index in [0.717, 1.165) is 22.3 Å². The summed E-state index contributed by atoms with van der Waals surface area (Å²) in [4.78, 5) is 19.1. The number of nitro groups is 1. The van der Waals surface area contributed by atoms with Gasteiger partial charge in [-0.05, 0) is 23.8 Å². The molecule has 0 aliphatic heterocycles. The van der Waals surface area contributed by atoms with E-state index < -0.39 is 4.92 Å². The number of fused-ring (bicyclic) bond motifs is 1. The van der Waals surface area contributed by atoms with Crippen molar-refractivity contribution in [1.29, 1.82) is 0 Å². The van der Waals surface area contributed by atoms with Gasteiger partial charge < -0.3 is 5.73 Å². The Labute approximate surface area is 120 Å². The molecule has 0 aliphatic carbocycles. The maximum atomic E-state index is 10.6. The molecule has 0 saturated heterocycles. The van der Waals surface area contributed by atoms with Gasteiger partial charge in [0.1, 0.15) is 0 Å². The summed E-state index contributed by atoms with van der Waals surface area (Å²) in [6.45, 7) is 0. The number of nitrogens with zero attached hydrogens (tertiary/aromatic N) is 3. The van der Waals surface area contributed by atoms with Crippen molar-refractivity contribution in [3.63, 3.8) is 0 Å². The monoisotopic (exact) mass is 280 g/mol. The summed E-state index contributed by atoms with van der Waals surface area (Å²) in [5.41, 5.74) is 9.72. The second kappa shape index (κ2) is 5.16. The zero-order valence-corrected chi connectivity index (χ0v) is 11.1. The number of anilines is 1. The van der Waals surface area contributed by atoms with Gasteiger partial charge in [-0.2, -0.15) is 0 Å². The third-order valence-electron chi connectivity index (χ3n) is 3.15. The van der Waals surface area contributed by atoms with E-state index in [9.17, 15) is 10.1 Å². The van der Waals surface area contributed by atoms with E-state index in [4.69, 9.17) is 5.73 Å². The number of nitrogens with two attached hydrogens (primary N) is 1. The Hall–Kier alpha value is -3.02. The third-order valence-corrected chi connectivity index (χ3v) is 3.15. The minimum absolute atomic E-state index is 0.0822. The van der Waals surface area contributed by atoms with Gasteiger partial charge >= 0.3 is 0 Å². The van der Waals surface area contributed by atoms with E-state index in [1.54, 1.807) is 30.5 Å². The SMILES string of the molecule is Nc1ccc2nc(Cc3ccc([N+](=O)[O-])cc3)cnc2c1. The van der Waals surface area contributed by atoms with Crippen LogP contribution in [0.5, 0.6) is 0 Å². The molecule has 2 aromatic carbocycles. The van der Waals surface area contributed by atoms with E-state index in [1.807, 2.05) is 6.07 Å². The van der Waals surface area contributed by atoms with Crippen LogP contribution >= 0.6 is 0 Å². The standard InChI is InChI=1S/C15H12N4O2/c16-11-3-6-14-15(8-11)17-9-12(18-14)7-10-1-4-13(5-2-10)19(20)21/h1-6,8-9H,7,16H2. The Kier molecular flexibility index (Phi) is 3.19. The zero-order valence-electron chi connectivity index (χ0n) is 11.1. The van der Waals surface area contributed by atoms with Crippen LogP contribution < -0.4 is 5.73 Å². The van der Waals surface area contributed by atoms with E-state index in [-0.39, 0.29) is 5.69 Å². The van der Waals surface area contributed by atoms with Crippen LogP contribution in [-0.2, 0) is 6.42 Å². The van der Waals surface area contributed by atoms with E-state index in [1.165, 1.54) is 12.1 Å². The lowest BCUT2D eigenvalue weighted by Gasteiger charge is -2.03. The van der Waals surface area contributed by atoms with E-state index >= 15 is 0 Å². The highest BCUT2D eigenvalue weighted by molar-refractivity contribution is 5.77. The number of nitrogen functional groups attached to an aromatic ring is 1. The average molecular weight is 280 g/mol. The highest BCUT2D eigenvalue weighted by Crippen LogP contribution is 2.17. The van der Waals surface area contributed by atoms with Gasteiger partial charge in [0, 0.05) is 30.4 Å². The molecule has 0 radical (unpaired) electrons. The number of nitro benzene ring substituents is 1. The lowest BCUT2D eigenvalue weighted by atomic mass is 10.1. The summed E-state index contributed by atoms with van der Waals surface area (Å²) >= 11 is 0. The third kappa shape index (κ3) is 2.79. The van der Waals surface area contributed by atoms with Crippen molar-refractivity contribution < 1.29 is 4.92 Å². The molecule has 2 N–H and O–H groups in total. The molecule has 3 rings (SSSR count). The lowest BCUT2D eigenvalue weighted by Crippen LogP contribution is -1.96. The average Bonchev–Trinajstić information content (AvgIpc) is 2.48. The van der Waals surface area contributed by atoms with Gasteiger partial charge in [0.15, 0.2) is 0 Å². The summed E-state index contributed by atoms with van der Waals surface area (Å²) in [7, 11) is 0. The first-order valence-corrected chi connectivity index (χ1v) is 6.36. The highest BCUT2D eigenvalue weighted by atomic mass is 16.6. The van der Waals surface area contributed by atoms with Crippen LogP contribution in [0.3, 0.4) is 0 Å². The van der Waals surface area contributed by atoms with Crippen molar-refractivity contribution in [2.45, 2.75) is 6.42 Å². The van der Waals surface area contributed by atoms with Crippen LogP contribution in [0.25, 0.3) is 11.0 Å².